The molecule has 136 valence electrons. The lowest BCUT2D eigenvalue weighted by Gasteiger charge is -2.17. The number of carbonyl (C=O) groups excluding carboxylic acids is 2. The maximum absolute atomic E-state index is 12.4. The molecule has 1 heterocycles. The van der Waals surface area contributed by atoms with Gasteiger partial charge in [0, 0.05) is 25.2 Å². The highest BCUT2D eigenvalue weighted by Gasteiger charge is 2.34. The minimum Gasteiger partial charge on any atom is -0.497 e. The van der Waals surface area contributed by atoms with Crippen LogP contribution in [0.2, 0.25) is 0 Å². The molecule has 0 unspecified atom stereocenters. The first-order valence-corrected chi connectivity index (χ1v) is 8.84. The zero-order chi connectivity index (χ0) is 18.5. The Bertz CT molecular complexity index is 769. The molecule has 26 heavy (non-hydrogen) atoms. The van der Waals surface area contributed by atoms with Gasteiger partial charge in [-0.2, -0.15) is 0 Å². The second kappa shape index (κ2) is 8.04. The van der Waals surface area contributed by atoms with Crippen molar-refractivity contribution < 1.29 is 14.3 Å². The van der Waals surface area contributed by atoms with Gasteiger partial charge < -0.3 is 15.0 Å². The van der Waals surface area contributed by atoms with Crippen molar-refractivity contribution in [1.82, 2.24) is 5.32 Å². The summed E-state index contributed by atoms with van der Waals surface area (Å²) in [6.45, 7) is 3.01. The van der Waals surface area contributed by atoms with Gasteiger partial charge in [0.25, 0.3) is 0 Å². The molecule has 3 rings (SSSR count). The largest absolute Gasteiger partial charge is 0.497 e. The second-order valence-electron chi connectivity index (χ2n) is 6.63. The number of nitrogens with zero attached hydrogens (tertiary/aromatic N) is 1. The zero-order valence-electron chi connectivity index (χ0n) is 15.2. The fourth-order valence-electron chi connectivity index (χ4n) is 3.12. The number of hydrogen-bond donors (Lipinski definition) is 1. The first-order chi connectivity index (χ1) is 12.6. The van der Waals surface area contributed by atoms with Crippen LogP contribution in [0.1, 0.15) is 17.5 Å². The molecule has 1 atom stereocenters. The molecule has 0 bridgehead atoms. The normalized spacial score (nSPS) is 16.6. The molecule has 1 aliphatic rings. The highest BCUT2D eigenvalue weighted by atomic mass is 16.5. The second-order valence-corrected chi connectivity index (χ2v) is 6.63. The van der Waals surface area contributed by atoms with Crippen LogP contribution in [0, 0.1) is 12.8 Å². The summed E-state index contributed by atoms with van der Waals surface area (Å²) >= 11 is 0. The highest BCUT2D eigenvalue weighted by Crippen LogP contribution is 2.25. The topological polar surface area (TPSA) is 58.6 Å². The molecule has 0 aromatic heterocycles. The summed E-state index contributed by atoms with van der Waals surface area (Å²) < 4.78 is 5.14. The highest BCUT2D eigenvalue weighted by molar-refractivity contribution is 6.00. The fraction of sp³-hybridized carbons (Fsp3) is 0.333. The van der Waals surface area contributed by atoms with Crippen molar-refractivity contribution >= 4 is 17.5 Å². The van der Waals surface area contributed by atoms with E-state index in [-0.39, 0.29) is 24.2 Å². The summed E-state index contributed by atoms with van der Waals surface area (Å²) in [5, 5.41) is 2.95. The summed E-state index contributed by atoms with van der Waals surface area (Å²) in [5.41, 5.74) is 3.14. The Labute approximate surface area is 154 Å². The zero-order valence-corrected chi connectivity index (χ0v) is 15.2. The molecule has 5 heteroatoms. The number of methoxy groups -OCH3 is 1. The van der Waals surface area contributed by atoms with Gasteiger partial charge >= 0.3 is 0 Å². The summed E-state index contributed by atoms with van der Waals surface area (Å²) in [5.74, 6) is 0.476. The third-order valence-electron chi connectivity index (χ3n) is 4.71. The van der Waals surface area contributed by atoms with E-state index in [1.165, 1.54) is 0 Å². The minimum absolute atomic E-state index is 0.00385. The van der Waals surface area contributed by atoms with Gasteiger partial charge in [0.2, 0.25) is 11.8 Å². The van der Waals surface area contributed by atoms with E-state index in [1.807, 2.05) is 55.5 Å². The number of amides is 2. The van der Waals surface area contributed by atoms with Crippen molar-refractivity contribution in [2.45, 2.75) is 19.8 Å². The molecule has 0 aliphatic carbocycles. The Balaban J connectivity index is 1.50. The average Bonchev–Trinajstić information content (AvgIpc) is 3.05. The van der Waals surface area contributed by atoms with E-state index in [0.29, 0.717) is 13.1 Å². The molecule has 2 amide bonds. The van der Waals surface area contributed by atoms with Crippen molar-refractivity contribution in [2.75, 3.05) is 25.1 Å². The predicted octanol–water partition coefficient (Wildman–Crippen LogP) is 2.72. The molecule has 1 N–H and O–H groups in total. The van der Waals surface area contributed by atoms with Crippen molar-refractivity contribution in [3.8, 4) is 5.75 Å². The lowest BCUT2D eigenvalue weighted by molar-refractivity contribution is -0.126. The van der Waals surface area contributed by atoms with E-state index in [0.717, 1.165) is 29.0 Å². The Morgan fingerprint density at radius 2 is 1.85 bits per heavy atom. The molecule has 2 aromatic carbocycles. The van der Waals surface area contributed by atoms with Gasteiger partial charge in [0.05, 0.1) is 13.0 Å². The van der Waals surface area contributed by atoms with E-state index in [4.69, 9.17) is 4.74 Å². The van der Waals surface area contributed by atoms with Crippen molar-refractivity contribution in [3.05, 3.63) is 59.7 Å². The molecule has 0 radical (unpaired) electrons. The molecule has 1 aliphatic heterocycles. The average molecular weight is 352 g/mol. The summed E-state index contributed by atoms with van der Waals surface area (Å²) in [6.07, 6.45) is 1.01. The van der Waals surface area contributed by atoms with Crippen LogP contribution in [0.25, 0.3) is 0 Å². The molecule has 1 fully saturated rings. The number of aryl methyl sites for hydroxylation is 1. The Morgan fingerprint density at radius 1 is 1.15 bits per heavy atom. The standard InChI is InChI=1S/C21H24N2O3/c1-15-3-7-18(8-4-15)23-14-17(13-20(23)24)21(25)22-12-11-16-5-9-19(26-2)10-6-16/h3-10,17H,11-14H2,1-2H3,(H,22,25)/t17-/m0/s1. The van der Waals surface area contributed by atoms with E-state index >= 15 is 0 Å². The van der Waals surface area contributed by atoms with E-state index in [1.54, 1.807) is 12.0 Å². The van der Waals surface area contributed by atoms with Gasteiger partial charge in [-0.05, 0) is 43.2 Å². The molecule has 0 spiro atoms. The van der Waals surface area contributed by atoms with Crippen LogP contribution in [0.4, 0.5) is 5.69 Å². The Morgan fingerprint density at radius 3 is 2.50 bits per heavy atom. The number of nitrogens with one attached hydrogen (secondary N) is 1. The number of anilines is 1. The van der Waals surface area contributed by atoms with Gasteiger partial charge in [-0.25, -0.2) is 0 Å². The van der Waals surface area contributed by atoms with Gasteiger partial charge in [-0.15, -0.1) is 0 Å². The molecule has 0 saturated carbocycles. The van der Waals surface area contributed by atoms with Crippen LogP contribution >= 0.6 is 0 Å². The number of benzene rings is 2. The smallest absolute Gasteiger partial charge is 0.227 e. The number of rotatable bonds is 6. The quantitative estimate of drug-likeness (QED) is 0.870. The third kappa shape index (κ3) is 4.23. The molecular weight excluding hydrogens is 328 g/mol. The van der Waals surface area contributed by atoms with E-state index < -0.39 is 0 Å². The van der Waals surface area contributed by atoms with Crippen molar-refractivity contribution in [1.29, 1.82) is 0 Å². The Kier molecular flexibility index (Phi) is 5.56. The van der Waals surface area contributed by atoms with Gasteiger partial charge in [0.1, 0.15) is 5.75 Å². The lowest BCUT2D eigenvalue weighted by atomic mass is 10.1. The van der Waals surface area contributed by atoms with Gasteiger partial charge in [0.15, 0.2) is 0 Å². The minimum atomic E-state index is -0.292. The van der Waals surface area contributed by atoms with Crippen LogP contribution in [-0.4, -0.2) is 32.0 Å². The van der Waals surface area contributed by atoms with Crippen LogP contribution < -0.4 is 15.0 Å². The number of ether oxygens (including phenoxy) is 1. The molecule has 2 aromatic rings. The Hall–Kier alpha value is -2.82. The van der Waals surface area contributed by atoms with Gasteiger partial charge in [-0.3, -0.25) is 9.59 Å². The predicted molar refractivity (Wildman–Crippen MR) is 101 cm³/mol. The van der Waals surface area contributed by atoms with E-state index in [9.17, 15) is 9.59 Å². The number of hydrogen-bond acceptors (Lipinski definition) is 3. The lowest BCUT2D eigenvalue weighted by Crippen LogP contribution is -2.34. The SMILES string of the molecule is COc1ccc(CCNC(=O)[C@H]2CC(=O)N(c3ccc(C)cc3)C2)cc1. The van der Waals surface area contributed by atoms with Crippen LogP contribution in [0.3, 0.4) is 0 Å². The molecule has 1 saturated heterocycles. The molecular formula is C21H24N2O3. The monoisotopic (exact) mass is 352 g/mol. The van der Waals surface area contributed by atoms with Crippen molar-refractivity contribution in [3.63, 3.8) is 0 Å². The van der Waals surface area contributed by atoms with Crippen LogP contribution in [0.5, 0.6) is 5.75 Å². The first kappa shape index (κ1) is 18.0. The van der Waals surface area contributed by atoms with Crippen LogP contribution in [-0.2, 0) is 16.0 Å². The first-order valence-electron chi connectivity index (χ1n) is 8.84. The maximum Gasteiger partial charge on any atom is 0.227 e. The molecule has 5 nitrogen and oxygen atoms in total. The summed E-state index contributed by atoms with van der Waals surface area (Å²) in [4.78, 5) is 26.4. The number of carbonyl (C=O) groups is 2. The van der Waals surface area contributed by atoms with E-state index in [2.05, 4.69) is 5.32 Å². The van der Waals surface area contributed by atoms with Gasteiger partial charge in [-0.1, -0.05) is 29.8 Å². The fourth-order valence-corrected chi connectivity index (χ4v) is 3.12. The van der Waals surface area contributed by atoms with Crippen LogP contribution in [0.15, 0.2) is 48.5 Å². The summed E-state index contributed by atoms with van der Waals surface area (Å²) in [6, 6.07) is 15.6. The summed E-state index contributed by atoms with van der Waals surface area (Å²) in [7, 11) is 1.64. The van der Waals surface area contributed by atoms with Crippen molar-refractivity contribution in [2.24, 2.45) is 5.92 Å². The third-order valence-corrected chi connectivity index (χ3v) is 4.71. The maximum atomic E-state index is 12.4.